The molecule has 2 aromatic carbocycles. The van der Waals surface area contributed by atoms with E-state index in [9.17, 15) is 0 Å². The molecule has 0 saturated carbocycles. The Kier molecular flexibility index (Phi) is 9.27. The van der Waals surface area contributed by atoms with E-state index in [-0.39, 0.29) is 24.0 Å². The van der Waals surface area contributed by atoms with Gasteiger partial charge in [-0.1, -0.05) is 60.7 Å². The lowest BCUT2D eigenvalue weighted by molar-refractivity contribution is 0.843. The zero-order valence-electron chi connectivity index (χ0n) is 15.2. The zero-order chi connectivity index (χ0) is 18.0. The van der Waals surface area contributed by atoms with Gasteiger partial charge in [-0.15, -0.1) is 35.3 Å². The zero-order valence-corrected chi connectivity index (χ0v) is 18.3. The SMILES string of the molecule is I.NC(=NCc1csc(CCc2ccccc2)n1)NCCc1ccccc1. The first kappa shape index (κ1) is 21.4. The van der Waals surface area contributed by atoms with Crippen molar-refractivity contribution in [2.45, 2.75) is 25.8 Å². The largest absolute Gasteiger partial charge is 0.370 e. The molecule has 0 atom stereocenters. The fourth-order valence-corrected chi connectivity index (χ4v) is 3.42. The van der Waals surface area contributed by atoms with Crippen LogP contribution in [0.1, 0.15) is 21.8 Å². The van der Waals surface area contributed by atoms with E-state index in [0.29, 0.717) is 12.5 Å². The van der Waals surface area contributed by atoms with E-state index in [2.05, 4.69) is 57.1 Å². The fourth-order valence-electron chi connectivity index (χ4n) is 2.63. The molecule has 3 aromatic rings. The van der Waals surface area contributed by atoms with Crippen molar-refractivity contribution < 1.29 is 0 Å². The van der Waals surface area contributed by atoms with Gasteiger partial charge in [0.05, 0.1) is 17.2 Å². The van der Waals surface area contributed by atoms with Crippen molar-refractivity contribution in [2.24, 2.45) is 10.7 Å². The predicted molar refractivity (Wildman–Crippen MR) is 125 cm³/mol. The monoisotopic (exact) mass is 492 g/mol. The summed E-state index contributed by atoms with van der Waals surface area (Å²) in [6.07, 6.45) is 2.90. The third-order valence-electron chi connectivity index (χ3n) is 4.04. The van der Waals surface area contributed by atoms with Crippen LogP contribution in [0, 0.1) is 0 Å². The van der Waals surface area contributed by atoms with Gasteiger partial charge in [-0.3, -0.25) is 0 Å². The number of aliphatic imine (C=N–C) groups is 1. The molecule has 0 amide bonds. The van der Waals surface area contributed by atoms with Gasteiger partial charge in [0.15, 0.2) is 5.96 Å². The molecule has 3 N–H and O–H groups in total. The van der Waals surface area contributed by atoms with Gasteiger partial charge in [0.2, 0.25) is 0 Å². The standard InChI is InChI=1S/C21H24N4S.HI/c22-21(23-14-13-18-9-5-2-6-10-18)24-15-19-16-26-20(25-19)12-11-17-7-3-1-4-8-17;/h1-10,16H,11-15H2,(H3,22,23,24);1H. The lowest BCUT2D eigenvalue weighted by atomic mass is 10.1. The Morgan fingerprint density at radius 2 is 1.56 bits per heavy atom. The molecule has 0 unspecified atom stereocenters. The first-order chi connectivity index (χ1) is 12.8. The molecule has 1 aromatic heterocycles. The molecule has 0 radical (unpaired) electrons. The van der Waals surface area contributed by atoms with Gasteiger partial charge >= 0.3 is 0 Å². The van der Waals surface area contributed by atoms with E-state index < -0.39 is 0 Å². The number of nitrogens with two attached hydrogens (primary N) is 1. The van der Waals surface area contributed by atoms with Crippen molar-refractivity contribution in [2.75, 3.05) is 6.54 Å². The third kappa shape index (κ3) is 7.68. The summed E-state index contributed by atoms with van der Waals surface area (Å²) in [4.78, 5) is 9.04. The number of rotatable bonds is 8. The number of aryl methyl sites for hydroxylation is 2. The minimum atomic E-state index is 0. The first-order valence-electron chi connectivity index (χ1n) is 8.84. The van der Waals surface area contributed by atoms with E-state index in [1.54, 1.807) is 11.3 Å². The third-order valence-corrected chi connectivity index (χ3v) is 5.00. The topological polar surface area (TPSA) is 63.3 Å². The molecule has 0 aliphatic rings. The number of benzene rings is 2. The molecule has 0 aliphatic carbocycles. The van der Waals surface area contributed by atoms with Gasteiger partial charge in [-0.2, -0.15) is 0 Å². The van der Waals surface area contributed by atoms with Crippen molar-refractivity contribution in [1.29, 1.82) is 0 Å². The molecule has 0 aliphatic heterocycles. The Balaban J connectivity index is 0.00000261. The van der Waals surface area contributed by atoms with E-state index >= 15 is 0 Å². The number of hydrogen-bond donors (Lipinski definition) is 2. The summed E-state index contributed by atoms with van der Waals surface area (Å²) >= 11 is 1.69. The summed E-state index contributed by atoms with van der Waals surface area (Å²) in [6.45, 7) is 1.30. The summed E-state index contributed by atoms with van der Waals surface area (Å²) in [5.74, 6) is 0.472. The number of guanidine groups is 1. The predicted octanol–water partition coefficient (Wildman–Crippen LogP) is 4.19. The number of nitrogens with zero attached hydrogens (tertiary/aromatic N) is 2. The molecular weight excluding hydrogens is 467 g/mol. The smallest absolute Gasteiger partial charge is 0.188 e. The molecular formula is C21H25IN4S. The molecule has 0 saturated heterocycles. The van der Waals surface area contributed by atoms with Crippen molar-refractivity contribution in [3.8, 4) is 0 Å². The van der Waals surface area contributed by atoms with Gasteiger partial charge in [0.1, 0.15) is 0 Å². The lowest BCUT2D eigenvalue weighted by Crippen LogP contribution is -2.33. The van der Waals surface area contributed by atoms with Crippen LogP contribution in [-0.2, 0) is 25.8 Å². The van der Waals surface area contributed by atoms with Gasteiger partial charge < -0.3 is 11.1 Å². The van der Waals surface area contributed by atoms with Gasteiger partial charge in [0.25, 0.3) is 0 Å². The minimum absolute atomic E-state index is 0. The summed E-state index contributed by atoms with van der Waals surface area (Å²) < 4.78 is 0. The average Bonchev–Trinajstić information content (AvgIpc) is 3.14. The molecule has 142 valence electrons. The summed E-state index contributed by atoms with van der Waals surface area (Å²) in [5.41, 5.74) is 9.55. The second-order valence-corrected chi connectivity index (χ2v) is 7.02. The molecule has 4 nitrogen and oxygen atoms in total. The van der Waals surface area contributed by atoms with Crippen molar-refractivity contribution in [3.63, 3.8) is 0 Å². The van der Waals surface area contributed by atoms with Crippen LogP contribution in [0.15, 0.2) is 71.0 Å². The van der Waals surface area contributed by atoms with E-state index in [4.69, 9.17) is 5.73 Å². The summed E-state index contributed by atoms with van der Waals surface area (Å²) in [6, 6.07) is 20.8. The number of hydrogen-bond acceptors (Lipinski definition) is 3. The number of nitrogens with one attached hydrogen (secondary N) is 1. The number of thiazole rings is 1. The van der Waals surface area contributed by atoms with Crippen LogP contribution in [0.4, 0.5) is 0 Å². The average molecular weight is 492 g/mol. The van der Waals surface area contributed by atoms with Crippen molar-refractivity contribution >= 4 is 41.3 Å². The number of aromatic nitrogens is 1. The molecule has 27 heavy (non-hydrogen) atoms. The maximum atomic E-state index is 5.94. The Labute approximate surface area is 182 Å². The molecule has 0 spiro atoms. The highest BCUT2D eigenvalue weighted by atomic mass is 127. The number of halogens is 1. The highest BCUT2D eigenvalue weighted by Crippen LogP contribution is 2.13. The maximum Gasteiger partial charge on any atom is 0.188 e. The van der Waals surface area contributed by atoms with Crippen molar-refractivity contribution in [1.82, 2.24) is 10.3 Å². The second-order valence-electron chi connectivity index (χ2n) is 6.08. The van der Waals surface area contributed by atoms with Gasteiger partial charge in [-0.05, 0) is 24.0 Å². The van der Waals surface area contributed by atoms with Crippen LogP contribution >= 0.6 is 35.3 Å². The summed E-state index contributed by atoms with van der Waals surface area (Å²) in [7, 11) is 0. The van der Waals surface area contributed by atoms with Crippen LogP contribution in [0.2, 0.25) is 0 Å². The molecule has 0 fully saturated rings. The van der Waals surface area contributed by atoms with Crippen LogP contribution in [0.25, 0.3) is 0 Å². The molecule has 3 rings (SSSR count). The highest BCUT2D eigenvalue weighted by Gasteiger charge is 2.03. The highest BCUT2D eigenvalue weighted by molar-refractivity contribution is 14.0. The minimum Gasteiger partial charge on any atom is -0.370 e. The van der Waals surface area contributed by atoms with E-state index in [1.807, 2.05) is 24.3 Å². The van der Waals surface area contributed by atoms with Crippen LogP contribution in [-0.4, -0.2) is 17.5 Å². The summed E-state index contributed by atoms with van der Waals surface area (Å²) in [5, 5.41) is 6.38. The van der Waals surface area contributed by atoms with Crippen molar-refractivity contribution in [3.05, 3.63) is 87.9 Å². The molecule has 6 heteroatoms. The van der Waals surface area contributed by atoms with E-state index in [1.165, 1.54) is 11.1 Å². The lowest BCUT2D eigenvalue weighted by Gasteiger charge is -2.05. The normalized spacial score (nSPS) is 11.0. The van der Waals surface area contributed by atoms with Crippen LogP contribution in [0.3, 0.4) is 0 Å². The molecule has 0 bridgehead atoms. The Morgan fingerprint density at radius 1 is 0.926 bits per heavy atom. The van der Waals surface area contributed by atoms with Gasteiger partial charge in [0, 0.05) is 18.3 Å². The molecule has 1 heterocycles. The van der Waals surface area contributed by atoms with Crippen LogP contribution < -0.4 is 11.1 Å². The second kappa shape index (κ2) is 11.7. The van der Waals surface area contributed by atoms with E-state index in [0.717, 1.165) is 36.5 Å². The quantitative estimate of drug-likeness (QED) is 0.282. The Bertz CT molecular complexity index is 818. The first-order valence-corrected chi connectivity index (χ1v) is 9.72. The van der Waals surface area contributed by atoms with Crippen LogP contribution in [0.5, 0.6) is 0 Å². The maximum absolute atomic E-state index is 5.94. The Hall–Kier alpha value is -1.93. The van der Waals surface area contributed by atoms with Gasteiger partial charge in [-0.25, -0.2) is 9.98 Å². The fraction of sp³-hybridized carbons (Fsp3) is 0.238. The Morgan fingerprint density at radius 3 is 2.22 bits per heavy atom.